The van der Waals surface area contributed by atoms with Gasteiger partial charge in [0, 0.05) is 28.7 Å². The molecule has 0 bridgehead atoms. The maximum atomic E-state index is 3.50. The molecule has 1 saturated heterocycles. The number of hydrogen-bond donors (Lipinski definition) is 0. The molecule has 1 nitrogen and oxygen atoms in total. The van der Waals surface area contributed by atoms with Gasteiger partial charge in [0.15, 0.2) is 0 Å². The van der Waals surface area contributed by atoms with Crippen LogP contribution < -0.4 is 4.90 Å². The normalized spacial score (nSPS) is 22.3. The summed E-state index contributed by atoms with van der Waals surface area (Å²) in [6.45, 7) is 4.77. The van der Waals surface area contributed by atoms with Crippen molar-refractivity contribution in [1.82, 2.24) is 0 Å². The van der Waals surface area contributed by atoms with Crippen molar-refractivity contribution in [2.75, 3.05) is 18.0 Å². The van der Waals surface area contributed by atoms with Crippen LogP contribution in [0.1, 0.15) is 18.4 Å². The van der Waals surface area contributed by atoms with E-state index < -0.39 is 0 Å². The van der Waals surface area contributed by atoms with Gasteiger partial charge >= 0.3 is 0 Å². The van der Waals surface area contributed by atoms with Crippen LogP contribution in [0.3, 0.4) is 0 Å². The van der Waals surface area contributed by atoms with Crippen LogP contribution in [0.4, 0.5) is 5.69 Å². The minimum atomic E-state index is 0.750. The quantitative estimate of drug-likeness (QED) is 0.740. The molecule has 14 heavy (non-hydrogen) atoms. The third-order valence-electron chi connectivity index (χ3n) is 3.51. The van der Waals surface area contributed by atoms with Gasteiger partial charge < -0.3 is 4.90 Å². The van der Waals surface area contributed by atoms with Crippen LogP contribution in [-0.4, -0.2) is 13.1 Å². The van der Waals surface area contributed by atoms with Crippen LogP contribution in [0.15, 0.2) is 22.7 Å². The lowest BCUT2D eigenvalue weighted by molar-refractivity contribution is 0.387. The van der Waals surface area contributed by atoms with Gasteiger partial charge in [0.25, 0.3) is 0 Å². The van der Waals surface area contributed by atoms with E-state index in [-0.39, 0.29) is 0 Å². The second-order valence-corrected chi connectivity index (χ2v) is 5.70. The Morgan fingerprint density at radius 3 is 2.57 bits per heavy atom. The number of benzene rings is 1. The molecule has 2 fully saturated rings. The van der Waals surface area contributed by atoms with Crippen molar-refractivity contribution in [3.8, 4) is 0 Å². The molecule has 1 saturated carbocycles. The summed E-state index contributed by atoms with van der Waals surface area (Å²) >= 11 is 3.50. The number of halogens is 1. The highest BCUT2D eigenvalue weighted by molar-refractivity contribution is 9.10. The molecular weight excluding hydrogens is 238 g/mol. The predicted octanol–water partition coefficient (Wildman–Crippen LogP) is 3.36. The Morgan fingerprint density at radius 2 is 2.00 bits per heavy atom. The van der Waals surface area contributed by atoms with Gasteiger partial charge in [-0.3, -0.25) is 0 Å². The van der Waals surface area contributed by atoms with Gasteiger partial charge in [-0.1, -0.05) is 15.9 Å². The summed E-state index contributed by atoms with van der Waals surface area (Å²) in [5.74, 6) is 0. The van der Waals surface area contributed by atoms with Gasteiger partial charge in [-0.25, -0.2) is 0 Å². The Kier molecular flexibility index (Phi) is 1.73. The van der Waals surface area contributed by atoms with Gasteiger partial charge in [0.1, 0.15) is 0 Å². The van der Waals surface area contributed by atoms with Crippen molar-refractivity contribution in [2.24, 2.45) is 5.41 Å². The van der Waals surface area contributed by atoms with Gasteiger partial charge in [0.05, 0.1) is 0 Å². The lowest BCUT2D eigenvalue weighted by Gasteiger charge is -2.42. The van der Waals surface area contributed by atoms with Crippen molar-refractivity contribution < 1.29 is 0 Å². The first-order valence-electron chi connectivity index (χ1n) is 5.20. The lowest BCUT2D eigenvalue weighted by Crippen LogP contribution is -2.48. The average molecular weight is 252 g/mol. The van der Waals surface area contributed by atoms with E-state index in [1.54, 1.807) is 0 Å². The van der Waals surface area contributed by atoms with Gasteiger partial charge in [0.2, 0.25) is 0 Å². The molecule has 2 heteroatoms. The zero-order valence-corrected chi connectivity index (χ0v) is 9.97. The Morgan fingerprint density at radius 1 is 1.29 bits per heavy atom. The number of nitrogens with zero attached hydrogens (tertiary/aromatic N) is 1. The molecule has 0 atom stereocenters. The van der Waals surface area contributed by atoms with Crippen LogP contribution in [0.25, 0.3) is 0 Å². The van der Waals surface area contributed by atoms with E-state index in [0.717, 1.165) is 5.41 Å². The summed E-state index contributed by atoms with van der Waals surface area (Å²) in [7, 11) is 0. The molecule has 0 N–H and O–H groups in total. The van der Waals surface area contributed by atoms with Crippen LogP contribution in [0.2, 0.25) is 0 Å². The largest absolute Gasteiger partial charge is 0.370 e. The first-order valence-corrected chi connectivity index (χ1v) is 5.99. The SMILES string of the molecule is Cc1cc(Br)ccc1N1CC2(CC2)C1. The molecule has 1 spiro atoms. The van der Waals surface area contributed by atoms with Crippen LogP contribution >= 0.6 is 15.9 Å². The fourth-order valence-electron chi connectivity index (χ4n) is 2.40. The molecule has 1 heterocycles. The van der Waals surface area contributed by atoms with Crippen molar-refractivity contribution in [2.45, 2.75) is 19.8 Å². The van der Waals surface area contributed by atoms with Crippen molar-refractivity contribution in [1.29, 1.82) is 0 Å². The highest BCUT2D eigenvalue weighted by Crippen LogP contribution is 2.54. The molecule has 0 amide bonds. The van der Waals surface area contributed by atoms with Crippen molar-refractivity contribution in [3.05, 3.63) is 28.2 Å². The second-order valence-electron chi connectivity index (χ2n) is 4.79. The first-order chi connectivity index (χ1) is 6.69. The van der Waals surface area contributed by atoms with Gasteiger partial charge in [-0.05, 0) is 43.5 Å². The van der Waals surface area contributed by atoms with Crippen molar-refractivity contribution in [3.63, 3.8) is 0 Å². The molecule has 74 valence electrons. The minimum Gasteiger partial charge on any atom is -0.370 e. The Bertz CT molecular complexity index is 374. The zero-order chi connectivity index (χ0) is 9.76. The minimum absolute atomic E-state index is 0.750. The molecule has 1 aromatic carbocycles. The summed E-state index contributed by atoms with van der Waals surface area (Å²) < 4.78 is 1.18. The topological polar surface area (TPSA) is 3.24 Å². The molecule has 1 aliphatic carbocycles. The predicted molar refractivity (Wildman–Crippen MR) is 62.8 cm³/mol. The van der Waals surface area contributed by atoms with Gasteiger partial charge in [-0.2, -0.15) is 0 Å². The molecule has 3 rings (SSSR count). The standard InChI is InChI=1S/C12H14BrN/c1-9-6-10(13)2-3-11(9)14-7-12(8-14)4-5-12/h2-3,6H,4-5,7-8H2,1H3. The van der Waals surface area contributed by atoms with E-state index >= 15 is 0 Å². The maximum absolute atomic E-state index is 3.50. The zero-order valence-electron chi connectivity index (χ0n) is 8.39. The molecule has 1 aromatic rings. The van der Waals surface area contributed by atoms with Crippen molar-refractivity contribution >= 4 is 21.6 Å². The van der Waals surface area contributed by atoms with E-state index in [0.29, 0.717) is 0 Å². The molecule has 0 aromatic heterocycles. The fraction of sp³-hybridized carbons (Fsp3) is 0.500. The second kappa shape index (κ2) is 2.75. The molecule has 2 aliphatic rings. The number of rotatable bonds is 1. The van der Waals surface area contributed by atoms with E-state index in [9.17, 15) is 0 Å². The van der Waals surface area contributed by atoms with Gasteiger partial charge in [-0.15, -0.1) is 0 Å². The number of anilines is 1. The number of aryl methyl sites for hydroxylation is 1. The molecule has 0 radical (unpaired) electrons. The lowest BCUT2D eigenvalue weighted by atomic mass is 9.95. The van der Waals surface area contributed by atoms with Crippen LogP contribution in [0.5, 0.6) is 0 Å². The number of hydrogen-bond acceptors (Lipinski definition) is 1. The van der Waals surface area contributed by atoms with E-state index in [1.165, 1.54) is 41.7 Å². The van der Waals surface area contributed by atoms with E-state index in [1.807, 2.05) is 0 Å². The summed E-state index contributed by atoms with van der Waals surface area (Å²) in [5, 5.41) is 0. The molecule has 0 unspecified atom stereocenters. The summed E-state index contributed by atoms with van der Waals surface area (Å²) in [4.78, 5) is 2.51. The Hall–Kier alpha value is -0.500. The summed E-state index contributed by atoms with van der Waals surface area (Å²) in [5.41, 5.74) is 3.56. The smallest absolute Gasteiger partial charge is 0.0397 e. The average Bonchev–Trinajstić information content (AvgIpc) is 2.81. The monoisotopic (exact) mass is 251 g/mol. The Labute approximate surface area is 93.2 Å². The van der Waals surface area contributed by atoms with Crippen LogP contribution in [0, 0.1) is 12.3 Å². The third kappa shape index (κ3) is 1.28. The first kappa shape index (κ1) is 8.78. The third-order valence-corrected chi connectivity index (χ3v) is 4.00. The Balaban J connectivity index is 1.83. The van der Waals surface area contributed by atoms with E-state index in [4.69, 9.17) is 0 Å². The highest BCUT2D eigenvalue weighted by atomic mass is 79.9. The highest BCUT2D eigenvalue weighted by Gasteiger charge is 2.52. The van der Waals surface area contributed by atoms with E-state index in [2.05, 4.69) is 46.0 Å². The fourth-order valence-corrected chi connectivity index (χ4v) is 2.88. The summed E-state index contributed by atoms with van der Waals surface area (Å²) in [6.07, 6.45) is 2.91. The molecule has 1 aliphatic heterocycles. The summed E-state index contributed by atoms with van der Waals surface area (Å²) in [6, 6.07) is 6.57. The van der Waals surface area contributed by atoms with Crippen LogP contribution in [-0.2, 0) is 0 Å². The maximum Gasteiger partial charge on any atom is 0.0397 e. The molecular formula is C12H14BrN.